The molecule has 0 aromatic rings. The quantitative estimate of drug-likeness (QED) is 0.716. The number of aliphatic hydroxyl groups excluding tert-OH is 1. The summed E-state index contributed by atoms with van der Waals surface area (Å²) in [6, 6.07) is 0. The molecule has 0 radical (unpaired) electrons. The number of hydrogen-bond acceptors (Lipinski definition) is 3. The van der Waals surface area contributed by atoms with Crippen LogP contribution in [0.1, 0.15) is 46.0 Å². The molecule has 0 spiro atoms. The average Bonchev–Trinajstić information content (AvgIpc) is 2.66. The van der Waals surface area contributed by atoms with Gasteiger partial charge < -0.3 is 15.7 Å². The molecule has 1 aliphatic carbocycles. The first kappa shape index (κ1) is 14.9. The maximum absolute atomic E-state index is 9.40. The molecule has 2 unspecified atom stereocenters. The summed E-state index contributed by atoms with van der Waals surface area (Å²) in [5, 5.41) is 9.40. The van der Waals surface area contributed by atoms with Crippen molar-refractivity contribution in [2.45, 2.75) is 51.5 Å². The average molecular weight is 242 g/mol. The van der Waals surface area contributed by atoms with E-state index in [1.165, 1.54) is 25.8 Å². The smallest absolute Gasteiger partial charge is 0.0613 e. The van der Waals surface area contributed by atoms with Crippen LogP contribution in [0.15, 0.2) is 0 Å². The van der Waals surface area contributed by atoms with Crippen LogP contribution in [0.25, 0.3) is 0 Å². The molecule has 17 heavy (non-hydrogen) atoms. The van der Waals surface area contributed by atoms with Crippen molar-refractivity contribution in [1.82, 2.24) is 4.90 Å². The van der Waals surface area contributed by atoms with Gasteiger partial charge in [0.2, 0.25) is 0 Å². The Morgan fingerprint density at radius 3 is 2.71 bits per heavy atom. The largest absolute Gasteiger partial charge is 0.394 e. The molecule has 0 bridgehead atoms. The fraction of sp³-hybridized carbons (Fsp3) is 1.00. The van der Waals surface area contributed by atoms with Crippen molar-refractivity contribution in [2.75, 3.05) is 26.7 Å². The van der Waals surface area contributed by atoms with Gasteiger partial charge in [-0.05, 0) is 57.7 Å². The van der Waals surface area contributed by atoms with Gasteiger partial charge in [-0.3, -0.25) is 0 Å². The first-order valence-electron chi connectivity index (χ1n) is 7.06. The van der Waals surface area contributed by atoms with Gasteiger partial charge in [-0.15, -0.1) is 0 Å². The molecule has 3 N–H and O–H groups in total. The number of aliphatic hydroxyl groups is 1. The summed E-state index contributed by atoms with van der Waals surface area (Å²) in [5.74, 6) is 1.28. The van der Waals surface area contributed by atoms with Gasteiger partial charge in [0.15, 0.2) is 0 Å². The third-order valence-corrected chi connectivity index (χ3v) is 4.25. The standard InChI is InChI=1S/C14H30N2O/c1-12(2)6-9-16(3)10-7-13-5-4-8-14(13,15)11-17/h12-13,17H,4-11,15H2,1-3H3. The van der Waals surface area contributed by atoms with Crippen molar-refractivity contribution in [3.8, 4) is 0 Å². The maximum Gasteiger partial charge on any atom is 0.0613 e. The van der Waals surface area contributed by atoms with E-state index in [2.05, 4.69) is 25.8 Å². The normalized spacial score (nSPS) is 29.5. The van der Waals surface area contributed by atoms with E-state index in [9.17, 15) is 5.11 Å². The van der Waals surface area contributed by atoms with Crippen LogP contribution in [0.5, 0.6) is 0 Å². The molecule has 1 fully saturated rings. The summed E-state index contributed by atoms with van der Waals surface area (Å²) >= 11 is 0. The summed E-state index contributed by atoms with van der Waals surface area (Å²) in [5.41, 5.74) is 5.95. The Kier molecular flexibility index (Phi) is 5.90. The van der Waals surface area contributed by atoms with Crippen LogP contribution in [-0.2, 0) is 0 Å². The lowest BCUT2D eigenvalue weighted by Crippen LogP contribution is -2.47. The Hall–Kier alpha value is -0.120. The number of nitrogens with zero attached hydrogens (tertiary/aromatic N) is 1. The highest BCUT2D eigenvalue weighted by Crippen LogP contribution is 2.35. The second-order valence-corrected chi connectivity index (χ2v) is 6.25. The monoisotopic (exact) mass is 242 g/mol. The first-order chi connectivity index (χ1) is 7.98. The Bertz CT molecular complexity index is 220. The zero-order valence-corrected chi connectivity index (χ0v) is 11.8. The van der Waals surface area contributed by atoms with E-state index in [0.717, 1.165) is 25.3 Å². The third-order valence-electron chi connectivity index (χ3n) is 4.25. The highest BCUT2D eigenvalue weighted by Gasteiger charge is 2.38. The summed E-state index contributed by atoms with van der Waals surface area (Å²) in [6.45, 7) is 6.95. The number of nitrogens with two attached hydrogens (primary N) is 1. The van der Waals surface area contributed by atoms with Crippen LogP contribution in [0, 0.1) is 11.8 Å². The van der Waals surface area contributed by atoms with Crippen molar-refractivity contribution >= 4 is 0 Å². The van der Waals surface area contributed by atoms with Crippen molar-refractivity contribution in [2.24, 2.45) is 17.6 Å². The topological polar surface area (TPSA) is 49.5 Å². The van der Waals surface area contributed by atoms with Gasteiger partial charge in [0, 0.05) is 5.54 Å². The van der Waals surface area contributed by atoms with Crippen LogP contribution in [-0.4, -0.2) is 42.3 Å². The van der Waals surface area contributed by atoms with E-state index in [-0.39, 0.29) is 12.1 Å². The van der Waals surface area contributed by atoms with Gasteiger partial charge >= 0.3 is 0 Å². The molecule has 0 aromatic heterocycles. The van der Waals surface area contributed by atoms with Gasteiger partial charge in [0.05, 0.1) is 6.61 Å². The molecular weight excluding hydrogens is 212 g/mol. The van der Waals surface area contributed by atoms with Crippen LogP contribution >= 0.6 is 0 Å². The first-order valence-corrected chi connectivity index (χ1v) is 7.06. The van der Waals surface area contributed by atoms with Crippen molar-refractivity contribution in [1.29, 1.82) is 0 Å². The zero-order valence-electron chi connectivity index (χ0n) is 11.8. The lowest BCUT2D eigenvalue weighted by atomic mass is 9.86. The number of rotatable bonds is 7. The molecule has 3 heteroatoms. The van der Waals surface area contributed by atoms with Gasteiger partial charge in [-0.2, -0.15) is 0 Å². The van der Waals surface area contributed by atoms with Gasteiger partial charge in [0.25, 0.3) is 0 Å². The maximum atomic E-state index is 9.40. The Balaban J connectivity index is 2.25. The molecule has 0 amide bonds. The molecule has 1 saturated carbocycles. The molecule has 0 saturated heterocycles. The highest BCUT2D eigenvalue weighted by molar-refractivity contribution is 4.96. The van der Waals surface area contributed by atoms with Gasteiger partial charge in [-0.25, -0.2) is 0 Å². The molecule has 0 aliphatic heterocycles. The van der Waals surface area contributed by atoms with Crippen molar-refractivity contribution in [3.05, 3.63) is 0 Å². The van der Waals surface area contributed by atoms with Crippen molar-refractivity contribution in [3.63, 3.8) is 0 Å². The van der Waals surface area contributed by atoms with Crippen LogP contribution in [0.3, 0.4) is 0 Å². The SMILES string of the molecule is CC(C)CCN(C)CCC1CCCC1(N)CO. The Morgan fingerprint density at radius 2 is 2.12 bits per heavy atom. The minimum absolute atomic E-state index is 0.146. The van der Waals surface area contributed by atoms with E-state index in [1.54, 1.807) is 0 Å². The minimum atomic E-state index is -0.293. The van der Waals surface area contributed by atoms with Gasteiger partial charge in [-0.1, -0.05) is 20.3 Å². The fourth-order valence-corrected chi connectivity index (χ4v) is 2.78. The Morgan fingerprint density at radius 1 is 1.41 bits per heavy atom. The molecule has 0 aromatic carbocycles. The van der Waals surface area contributed by atoms with E-state index >= 15 is 0 Å². The molecule has 0 heterocycles. The Labute approximate surface area is 106 Å². The predicted octanol–water partition coefficient (Wildman–Crippen LogP) is 1.84. The molecule has 102 valence electrons. The summed E-state index contributed by atoms with van der Waals surface area (Å²) in [4.78, 5) is 2.40. The molecule has 1 rings (SSSR count). The van der Waals surface area contributed by atoms with E-state index in [4.69, 9.17) is 5.73 Å². The lowest BCUT2D eigenvalue weighted by molar-refractivity contribution is 0.147. The highest BCUT2D eigenvalue weighted by atomic mass is 16.3. The van der Waals surface area contributed by atoms with E-state index in [1.807, 2.05) is 0 Å². The minimum Gasteiger partial charge on any atom is -0.394 e. The molecular formula is C14H30N2O. The summed E-state index contributed by atoms with van der Waals surface area (Å²) in [7, 11) is 2.19. The second-order valence-electron chi connectivity index (χ2n) is 6.25. The van der Waals surface area contributed by atoms with Gasteiger partial charge in [0.1, 0.15) is 0 Å². The van der Waals surface area contributed by atoms with Crippen molar-refractivity contribution < 1.29 is 5.11 Å². The molecule has 1 aliphatic rings. The van der Waals surface area contributed by atoms with E-state index < -0.39 is 0 Å². The molecule has 3 nitrogen and oxygen atoms in total. The van der Waals surface area contributed by atoms with Crippen LogP contribution in [0.2, 0.25) is 0 Å². The number of hydrogen-bond donors (Lipinski definition) is 2. The summed E-state index contributed by atoms with van der Waals surface area (Å²) in [6.07, 6.45) is 5.75. The lowest BCUT2D eigenvalue weighted by Gasteiger charge is -2.30. The van der Waals surface area contributed by atoms with Crippen LogP contribution in [0.4, 0.5) is 0 Å². The third kappa shape index (κ3) is 4.57. The predicted molar refractivity (Wildman–Crippen MR) is 72.9 cm³/mol. The fourth-order valence-electron chi connectivity index (χ4n) is 2.78. The zero-order chi connectivity index (χ0) is 12.9. The molecule has 2 atom stereocenters. The van der Waals surface area contributed by atoms with Crippen LogP contribution < -0.4 is 5.73 Å². The second kappa shape index (κ2) is 6.72. The van der Waals surface area contributed by atoms with E-state index in [0.29, 0.717) is 5.92 Å². The summed E-state index contributed by atoms with van der Waals surface area (Å²) < 4.78 is 0.